The van der Waals surface area contributed by atoms with Crippen LogP contribution in [0, 0.1) is 12.8 Å². The van der Waals surface area contributed by atoms with Gasteiger partial charge in [0.25, 0.3) is 0 Å². The molecule has 1 fully saturated rings. The summed E-state index contributed by atoms with van der Waals surface area (Å²) in [6.07, 6.45) is 2.15. The van der Waals surface area contributed by atoms with E-state index >= 15 is 0 Å². The van der Waals surface area contributed by atoms with Crippen LogP contribution in [-0.4, -0.2) is 36.3 Å². The molecule has 0 aromatic heterocycles. The molecule has 0 bridgehead atoms. The highest BCUT2D eigenvalue weighted by Crippen LogP contribution is 2.29. The van der Waals surface area contributed by atoms with E-state index in [9.17, 15) is 9.59 Å². The number of aryl methyl sites for hydroxylation is 1. The second-order valence-electron chi connectivity index (χ2n) is 6.16. The lowest BCUT2D eigenvalue weighted by Crippen LogP contribution is -2.38. The van der Waals surface area contributed by atoms with E-state index in [4.69, 9.17) is 11.6 Å². The van der Waals surface area contributed by atoms with Crippen molar-refractivity contribution in [2.45, 2.75) is 40.0 Å². The zero-order valence-corrected chi connectivity index (χ0v) is 14.9. The molecule has 0 spiro atoms. The van der Waals surface area contributed by atoms with E-state index in [0.717, 1.165) is 37.2 Å². The Morgan fingerprint density at radius 1 is 1.30 bits per heavy atom. The number of carbonyl (C=O) groups excluding carboxylic acids is 2. The van der Waals surface area contributed by atoms with Gasteiger partial charge in [-0.2, -0.15) is 0 Å². The maximum atomic E-state index is 12.7. The monoisotopic (exact) mass is 336 g/mol. The predicted molar refractivity (Wildman–Crippen MR) is 93.8 cm³/mol. The van der Waals surface area contributed by atoms with Crippen LogP contribution in [0.25, 0.3) is 0 Å². The van der Waals surface area contributed by atoms with E-state index in [2.05, 4.69) is 13.8 Å². The van der Waals surface area contributed by atoms with Crippen LogP contribution < -0.4 is 4.90 Å². The van der Waals surface area contributed by atoms with E-state index in [1.807, 2.05) is 24.0 Å². The average molecular weight is 337 g/mol. The Morgan fingerprint density at radius 2 is 1.96 bits per heavy atom. The third-order valence-corrected chi connectivity index (χ3v) is 4.65. The van der Waals surface area contributed by atoms with Crippen molar-refractivity contribution in [1.82, 2.24) is 4.90 Å². The lowest BCUT2D eigenvalue weighted by atomic mass is 10.1. The number of nitrogens with zero attached hydrogens (tertiary/aromatic N) is 2. The van der Waals surface area contributed by atoms with Gasteiger partial charge in [-0.1, -0.05) is 31.5 Å². The van der Waals surface area contributed by atoms with Crippen molar-refractivity contribution in [3.63, 3.8) is 0 Å². The lowest BCUT2D eigenvalue weighted by Gasteiger charge is -2.25. The number of anilines is 1. The maximum Gasteiger partial charge on any atom is 0.228 e. The Hall–Kier alpha value is -1.55. The van der Waals surface area contributed by atoms with Crippen molar-refractivity contribution in [1.29, 1.82) is 0 Å². The van der Waals surface area contributed by atoms with Crippen LogP contribution in [0.3, 0.4) is 0 Å². The molecule has 0 aliphatic carbocycles. The van der Waals surface area contributed by atoms with Crippen LogP contribution in [0.4, 0.5) is 5.69 Å². The van der Waals surface area contributed by atoms with Gasteiger partial charge >= 0.3 is 0 Å². The highest BCUT2D eigenvalue weighted by Gasteiger charge is 2.37. The first kappa shape index (κ1) is 17.8. The summed E-state index contributed by atoms with van der Waals surface area (Å²) < 4.78 is 0. The fraction of sp³-hybridized carbons (Fsp3) is 0.556. The molecule has 1 aliphatic rings. The van der Waals surface area contributed by atoms with Gasteiger partial charge in [0.2, 0.25) is 11.8 Å². The van der Waals surface area contributed by atoms with Gasteiger partial charge in [0, 0.05) is 36.8 Å². The van der Waals surface area contributed by atoms with Crippen LogP contribution in [0.15, 0.2) is 18.2 Å². The molecule has 0 N–H and O–H groups in total. The first-order valence-corrected chi connectivity index (χ1v) is 8.71. The number of halogens is 1. The first-order valence-electron chi connectivity index (χ1n) is 8.33. The molecule has 2 amide bonds. The quantitative estimate of drug-likeness (QED) is 0.795. The first-order chi connectivity index (χ1) is 11.0. The Labute approximate surface area is 143 Å². The van der Waals surface area contributed by atoms with Crippen molar-refractivity contribution in [2.75, 3.05) is 24.5 Å². The largest absolute Gasteiger partial charge is 0.342 e. The molecule has 126 valence electrons. The van der Waals surface area contributed by atoms with Crippen molar-refractivity contribution < 1.29 is 9.59 Å². The molecule has 4 nitrogen and oxygen atoms in total. The van der Waals surface area contributed by atoms with Gasteiger partial charge in [0.05, 0.1) is 5.92 Å². The molecule has 1 heterocycles. The second-order valence-corrected chi connectivity index (χ2v) is 6.57. The second kappa shape index (κ2) is 7.82. The summed E-state index contributed by atoms with van der Waals surface area (Å²) in [5.41, 5.74) is 1.75. The summed E-state index contributed by atoms with van der Waals surface area (Å²) >= 11 is 6.16. The molecule has 5 heteroatoms. The zero-order valence-electron chi connectivity index (χ0n) is 14.1. The van der Waals surface area contributed by atoms with E-state index in [-0.39, 0.29) is 24.2 Å². The van der Waals surface area contributed by atoms with E-state index in [1.165, 1.54) is 0 Å². The number of rotatable bonds is 6. The van der Waals surface area contributed by atoms with Gasteiger partial charge in [-0.05, 0) is 37.5 Å². The Bertz CT molecular complexity index is 582. The van der Waals surface area contributed by atoms with Gasteiger partial charge in [-0.25, -0.2) is 0 Å². The normalized spacial score (nSPS) is 17.7. The minimum atomic E-state index is -0.249. The molecule has 0 unspecified atom stereocenters. The molecular weight excluding hydrogens is 312 g/mol. The van der Waals surface area contributed by atoms with Gasteiger partial charge in [-0.3, -0.25) is 9.59 Å². The molecule has 2 rings (SSSR count). The molecule has 0 radical (unpaired) electrons. The summed E-state index contributed by atoms with van der Waals surface area (Å²) in [7, 11) is 0. The number of amides is 2. The summed E-state index contributed by atoms with van der Waals surface area (Å²) in [6.45, 7) is 8.02. The molecule has 23 heavy (non-hydrogen) atoms. The summed E-state index contributed by atoms with van der Waals surface area (Å²) in [5.74, 6) is -0.153. The molecule has 1 aromatic carbocycles. The van der Waals surface area contributed by atoms with E-state index < -0.39 is 0 Å². The van der Waals surface area contributed by atoms with E-state index in [0.29, 0.717) is 11.6 Å². The summed E-state index contributed by atoms with van der Waals surface area (Å²) in [6, 6.07) is 5.60. The number of benzene rings is 1. The zero-order chi connectivity index (χ0) is 17.0. The Kier molecular flexibility index (Phi) is 6.05. The molecule has 1 saturated heterocycles. The molecular formula is C18H25ClN2O2. The van der Waals surface area contributed by atoms with Crippen LogP contribution in [-0.2, 0) is 9.59 Å². The van der Waals surface area contributed by atoms with Gasteiger partial charge < -0.3 is 9.80 Å². The van der Waals surface area contributed by atoms with Crippen molar-refractivity contribution in [3.8, 4) is 0 Å². The molecule has 1 atom stereocenters. The van der Waals surface area contributed by atoms with Crippen LogP contribution in [0.5, 0.6) is 0 Å². The minimum Gasteiger partial charge on any atom is -0.342 e. The topological polar surface area (TPSA) is 40.6 Å². The number of hydrogen-bond acceptors (Lipinski definition) is 2. The van der Waals surface area contributed by atoms with Crippen LogP contribution in [0.2, 0.25) is 5.02 Å². The maximum absolute atomic E-state index is 12.7. The third-order valence-electron chi connectivity index (χ3n) is 4.24. The standard InChI is InChI=1S/C18H25ClN2O2/c1-4-8-20(9-5-2)18(23)14-10-17(22)21(12-14)15-7-6-13(3)16(19)11-15/h6-7,11,14H,4-5,8-10,12H2,1-3H3/t14-/m1/s1. The summed E-state index contributed by atoms with van der Waals surface area (Å²) in [5, 5.41) is 0.642. The molecule has 0 saturated carbocycles. The number of hydrogen-bond donors (Lipinski definition) is 0. The predicted octanol–water partition coefficient (Wildman–Crippen LogP) is 3.65. The highest BCUT2D eigenvalue weighted by atomic mass is 35.5. The fourth-order valence-electron chi connectivity index (χ4n) is 3.00. The van der Waals surface area contributed by atoms with Crippen molar-refractivity contribution in [3.05, 3.63) is 28.8 Å². The van der Waals surface area contributed by atoms with Crippen molar-refractivity contribution >= 4 is 29.1 Å². The molecule has 1 aliphatic heterocycles. The SMILES string of the molecule is CCCN(CCC)C(=O)[C@@H]1CC(=O)N(c2ccc(C)c(Cl)c2)C1. The minimum absolute atomic E-state index is 0.00350. The van der Waals surface area contributed by atoms with Gasteiger partial charge in [0.1, 0.15) is 0 Å². The third kappa shape index (κ3) is 4.05. The summed E-state index contributed by atoms with van der Waals surface area (Å²) in [4.78, 5) is 28.6. The smallest absolute Gasteiger partial charge is 0.228 e. The van der Waals surface area contributed by atoms with Crippen LogP contribution >= 0.6 is 11.6 Å². The highest BCUT2D eigenvalue weighted by molar-refractivity contribution is 6.31. The lowest BCUT2D eigenvalue weighted by molar-refractivity contribution is -0.135. The van der Waals surface area contributed by atoms with Crippen molar-refractivity contribution in [2.24, 2.45) is 5.92 Å². The van der Waals surface area contributed by atoms with Gasteiger partial charge in [-0.15, -0.1) is 0 Å². The Morgan fingerprint density at radius 3 is 2.52 bits per heavy atom. The van der Waals surface area contributed by atoms with Crippen LogP contribution in [0.1, 0.15) is 38.7 Å². The average Bonchev–Trinajstić information content (AvgIpc) is 2.91. The Balaban J connectivity index is 2.12. The molecule has 1 aromatic rings. The van der Waals surface area contributed by atoms with E-state index in [1.54, 1.807) is 11.0 Å². The number of carbonyl (C=O) groups is 2. The fourth-order valence-corrected chi connectivity index (χ4v) is 3.18. The van der Waals surface area contributed by atoms with Gasteiger partial charge in [0.15, 0.2) is 0 Å².